The van der Waals surface area contributed by atoms with E-state index in [0.717, 1.165) is 11.1 Å². The normalized spacial score (nSPS) is 12.7. The van der Waals surface area contributed by atoms with Gasteiger partial charge in [0.1, 0.15) is 12.6 Å². The molecule has 0 heterocycles. The van der Waals surface area contributed by atoms with Gasteiger partial charge < -0.3 is 4.74 Å². The van der Waals surface area contributed by atoms with Crippen LogP contribution in [-0.4, -0.2) is 20.4 Å². The van der Waals surface area contributed by atoms with Crippen LogP contribution in [0.2, 0.25) is 5.02 Å². The van der Waals surface area contributed by atoms with Gasteiger partial charge in [-0.05, 0) is 62.9 Å². The van der Waals surface area contributed by atoms with E-state index in [2.05, 4.69) is 4.72 Å². The molecule has 0 unspecified atom stereocenters. The number of sulfonamides is 1. The van der Waals surface area contributed by atoms with E-state index >= 15 is 0 Å². The fourth-order valence-corrected chi connectivity index (χ4v) is 4.81. The lowest BCUT2D eigenvalue weighted by Crippen LogP contribution is -2.40. The van der Waals surface area contributed by atoms with Gasteiger partial charge in [-0.25, -0.2) is 8.42 Å². The van der Waals surface area contributed by atoms with Crippen molar-refractivity contribution in [1.82, 2.24) is 4.72 Å². The summed E-state index contributed by atoms with van der Waals surface area (Å²) in [5.74, 6) is -0.668. The van der Waals surface area contributed by atoms with Crippen LogP contribution in [0.1, 0.15) is 34.7 Å². The minimum absolute atomic E-state index is 0.0216. The monoisotopic (exact) mass is 409 g/mol. The Bertz CT molecular complexity index is 944. The third-order valence-electron chi connectivity index (χ3n) is 4.58. The molecule has 2 aromatic carbocycles. The van der Waals surface area contributed by atoms with Crippen LogP contribution in [0.4, 0.5) is 0 Å². The number of halogens is 1. The second-order valence-electron chi connectivity index (χ2n) is 6.63. The molecule has 27 heavy (non-hydrogen) atoms. The summed E-state index contributed by atoms with van der Waals surface area (Å²) in [5, 5.41) is 0.486. The van der Waals surface area contributed by atoms with Gasteiger partial charge in [0.15, 0.2) is 0 Å². The Morgan fingerprint density at radius 2 is 1.67 bits per heavy atom. The SMILES string of the molecule is Cc1cc(C)c(C)c(S(=O)(=O)N[C@@H](C)C(=O)OCc2ccccc2Cl)c1C. The number of esters is 1. The first-order valence-corrected chi connectivity index (χ1v) is 10.4. The molecule has 0 bridgehead atoms. The van der Waals surface area contributed by atoms with Gasteiger partial charge in [-0.1, -0.05) is 35.9 Å². The molecule has 5 nitrogen and oxygen atoms in total. The molecule has 7 heteroatoms. The molecule has 1 atom stereocenters. The van der Waals surface area contributed by atoms with Crippen LogP contribution in [0, 0.1) is 27.7 Å². The average Bonchev–Trinajstić information content (AvgIpc) is 2.58. The van der Waals surface area contributed by atoms with E-state index in [4.69, 9.17) is 16.3 Å². The number of aryl methyl sites for hydroxylation is 2. The summed E-state index contributed by atoms with van der Waals surface area (Å²) < 4.78 is 33.4. The fraction of sp³-hybridized carbons (Fsp3) is 0.350. The minimum Gasteiger partial charge on any atom is -0.460 e. The zero-order valence-electron chi connectivity index (χ0n) is 16.1. The molecule has 0 amide bonds. The van der Waals surface area contributed by atoms with E-state index in [1.54, 1.807) is 38.1 Å². The van der Waals surface area contributed by atoms with Crippen molar-refractivity contribution in [1.29, 1.82) is 0 Å². The highest BCUT2D eigenvalue weighted by atomic mass is 35.5. The van der Waals surface area contributed by atoms with Crippen molar-refractivity contribution in [3.8, 4) is 0 Å². The molecule has 0 saturated carbocycles. The van der Waals surface area contributed by atoms with Crippen LogP contribution in [0.15, 0.2) is 35.2 Å². The maximum absolute atomic E-state index is 12.9. The van der Waals surface area contributed by atoms with Crippen molar-refractivity contribution in [2.24, 2.45) is 0 Å². The highest BCUT2D eigenvalue weighted by Crippen LogP contribution is 2.26. The molecule has 146 valence electrons. The van der Waals surface area contributed by atoms with Crippen LogP contribution in [0.3, 0.4) is 0 Å². The predicted octanol–water partition coefficient (Wildman–Crippen LogP) is 3.98. The lowest BCUT2D eigenvalue weighted by Gasteiger charge is -2.19. The van der Waals surface area contributed by atoms with Crippen LogP contribution < -0.4 is 4.72 Å². The van der Waals surface area contributed by atoms with E-state index in [9.17, 15) is 13.2 Å². The van der Waals surface area contributed by atoms with Crippen molar-refractivity contribution in [3.63, 3.8) is 0 Å². The van der Waals surface area contributed by atoms with Gasteiger partial charge in [-0.3, -0.25) is 4.79 Å². The second kappa shape index (κ2) is 8.42. The van der Waals surface area contributed by atoms with Gasteiger partial charge in [0.05, 0.1) is 4.90 Å². The molecule has 0 aliphatic carbocycles. The summed E-state index contributed by atoms with van der Waals surface area (Å²) >= 11 is 6.04. The van der Waals surface area contributed by atoms with Crippen molar-refractivity contribution < 1.29 is 17.9 Å². The molecular weight excluding hydrogens is 386 g/mol. The van der Waals surface area contributed by atoms with E-state index in [-0.39, 0.29) is 11.5 Å². The van der Waals surface area contributed by atoms with Gasteiger partial charge in [0.2, 0.25) is 10.0 Å². The minimum atomic E-state index is -3.88. The zero-order chi connectivity index (χ0) is 20.4. The Kier molecular flexibility index (Phi) is 6.68. The molecule has 0 fully saturated rings. The topological polar surface area (TPSA) is 72.5 Å². The molecule has 1 N–H and O–H groups in total. The molecule has 0 aliphatic heterocycles. The summed E-state index contributed by atoms with van der Waals surface area (Å²) in [7, 11) is -3.88. The van der Waals surface area contributed by atoms with Crippen molar-refractivity contribution >= 4 is 27.6 Å². The van der Waals surface area contributed by atoms with E-state index in [1.165, 1.54) is 6.92 Å². The van der Waals surface area contributed by atoms with E-state index in [0.29, 0.717) is 21.7 Å². The average molecular weight is 410 g/mol. The number of benzene rings is 2. The van der Waals surface area contributed by atoms with Crippen LogP contribution in [-0.2, 0) is 26.2 Å². The quantitative estimate of drug-likeness (QED) is 0.732. The number of rotatable bonds is 6. The Hall–Kier alpha value is -1.89. The highest BCUT2D eigenvalue weighted by Gasteiger charge is 2.27. The Morgan fingerprint density at radius 1 is 1.11 bits per heavy atom. The number of ether oxygens (including phenoxy) is 1. The van der Waals surface area contributed by atoms with E-state index in [1.807, 2.05) is 19.9 Å². The number of hydrogen-bond donors (Lipinski definition) is 1. The lowest BCUT2D eigenvalue weighted by molar-refractivity contribution is -0.146. The van der Waals surface area contributed by atoms with Crippen LogP contribution in [0.5, 0.6) is 0 Å². The van der Waals surface area contributed by atoms with Gasteiger partial charge >= 0.3 is 5.97 Å². The molecular formula is C20H24ClNO4S. The van der Waals surface area contributed by atoms with Crippen LogP contribution in [0.25, 0.3) is 0 Å². The second-order valence-corrected chi connectivity index (χ2v) is 8.69. The number of hydrogen-bond acceptors (Lipinski definition) is 4. The summed E-state index contributed by atoms with van der Waals surface area (Å²) in [6, 6.07) is 7.92. The Morgan fingerprint density at radius 3 is 2.22 bits per heavy atom. The number of nitrogens with one attached hydrogen (secondary N) is 1. The summed E-state index contributed by atoms with van der Waals surface area (Å²) in [6.07, 6.45) is 0. The maximum Gasteiger partial charge on any atom is 0.324 e. The molecule has 2 rings (SSSR count). The lowest BCUT2D eigenvalue weighted by atomic mass is 10.0. The Balaban J connectivity index is 2.16. The first-order valence-electron chi connectivity index (χ1n) is 8.54. The first-order chi connectivity index (χ1) is 12.5. The highest BCUT2D eigenvalue weighted by molar-refractivity contribution is 7.89. The first kappa shape index (κ1) is 21.4. The van der Waals surface area contributed by atoms with Gasteiger partial charge in [0.25, 0.3) is 0 Å². The van der Waals surface area contributed by atoms with Crippen LogP contribution >= 0.6 is 11.6 Å². The third kappa shape index (κ3) is 4.89. The molecule has 0 spiro atoms. The molecule has 0 aromatic heterocycles. The largest absolute Gasteiger partial charge is 0.460 e. The predicted molar refractivity (Wildman–Crippen MR) is 106 cm³/mol. The molecule has 0 radical (unpaired) electrons. The van der Waals surface area contributed by atoms with Gasteiger partial charge in [0, 0.05) is 10.6 Å². The van der Waals surface area contributed by atoms with Crippen molar-refractivity contribution in [2.75, 3.05) is 0 Å². The van der Waals surface area contributed by atoms with E-state index < -0.39 is 22.0 Å². The fourth-order valence-electron chi connectivity index (χ4n) is 2.81. The standard InChI is InChI=1S/C20H24ClNO4S/c1-12-10-13(2)15(4)19(14(12)3)27(24,25)22-16(5)20(23)26-11-17-8-6-7-9-18(17)21/h6-10,16,22H,11H2,1-5H3/t16-/m0/s1. The number of carbonyl (C=O) groups is 1. The summed E-state index contributed by atoms with van der Waals surface area (Å²) in [6.45, 7) is 8.68. The smallest absolute Gasteiger partial charge is 0.324 e. The van der Waals surface area contributed by atoms with Gasteiger partial charge in [-0.15, -0.1) is 0 Å². The molecule has 0 saturated heterocycles. The zero-order valence-corrected chi connectivity index (χ0v) is 17.7. The van der Waals surface area contributed by atoms with Gasteiger partial charge in [-0.2, -0.15) is 4.72 Å². The molecule has 0 aliphatic rings. The summed E-state index contributed by atoms with van der Waals surface area (Å²) in [5.41, 5.74) is 3.76. The van der Waals surface area contributed by atoms with Crippen molar-refractivity contribution in [2.45, 2.75) is 52.2 Å². The molecule has 2 aromatic rings. The third-order valence-corrected chi connectivity index (χ3v) is 6.76. The Labute approximate surface area is 165 Å². The number of carbonyl (C=O) groups excluding carboxylic acids is 1. The maximum atomic E-state index is 12.9. The summed E-state index contributed by atoms with van der Waals surface area (Å²) in [4.78, 5) is 12.5. The van der Waals surface area contributed by atoms with Crippen molar-refractivity contribution in [3.05, 3.63) is 63.2 Å².